The number of hydrogen-bond donors (Lipinski definition) is 4. The Kier molecular flexibility index (Phi) is 12.3. The van der Waals surface area contributed by atoms with E-state index in [1.165, 1.54) is 6.20 Å². The topological polar surface area (TPSA) is 154 Å². The molecule has 300 valence electrons. The van der Waals surface area contributed by atoms with Gasteiger partial charge in [-0.2, -0.15) is 10.5 Å². The van der Waals surface area contributed by atoms with Crippen molar-refractivity contribution >= 4 is 38.9 Å². The van der Waals surface area contributed by atoms with Gasteiger partial charge in [0.25, 0.3) is 0 Å². The fourth-order valence-corrected chi connectivity index (χ4v) is 7.01. The first-order chi connectivity index (χ1) is 29.6. The molecular formula is C50H40F2N8O. The molecule has 0 aliphatic heterocycles. The van der Waals surface area contributed by atoms with Crippen LogP contribution < -0.4 is 10.6 Å². The van der Waals surface area contributed by atoms with Crippen LogP contribution in [0.25, 0.3) is 44.1 Å². The molecule has 0 bridgehead atoms. The number of nitrogens with zero attached hydrogens (tertiary/aromatic N) is 5. The Hall–Kier alpha value is -8.02. The summed E-state index contributed by atoms with van der Waals surface area (Å²) in [7, 11) is 0. The summed E-state index contributed by atoms with van der Waals surface area (Å²) < 4.78 is 27.7. The zero-order valence-corrected chi connectivity index (χ0v) is 33.6. The van der Waals surface area contributed by atoms with Crippen LogP contribution in [-0.2, 0) is 0 Å². The molecule has 0 radical (unpaired) electrons. The van der Waals surface area contributed by atoms with Crippen LogP contribution in [0.3, 0.4) is 0 Å². The van der Waals surface area contributed by atoms with Crippen LogP contribution in [0.5, 0.6) is 5.75 Å². The summed E-state index contributed by atoms with van der Waals surface area (Å²) in [6, 6.07) is 39.6. The first-order valence-electron chi connectivity index (χ1n) is 19.6. The van der Waals surface area contributed by atoms with Crippen molar-refractivity contribution in [3.63, 3.8) is 0 Å². The number of aromatic hydroxyl groups is 1. The molecule has 0 saturated carbocycles. The van der Waals surface area contributed by atoms with Crippen LogP contribution >= 0.6 is 0 Å². The number of hydrogen-bond acceptors (Lipinski definition) is 9. The Morgan fingerprint density at radius 2 is 1.11 bits per heavy atom. The number of phenolic OH excluding ortho intramolecular Hbond substituents is 1. The maximum absolute atomic E-state index is 13.8. The SMILES string of the molecule is CC(Nc1c(C#N)cnc2ccc(-c3cc(F)c(O)c(F)c3)cc12)c1ccccc1.CCC(=N)c1cncc(-c2ccc3ncc(C#N)c(NC(C)c4ccccc4)c3c2)c1. The highest BCUT2D eigenvalue weighted by atomic mass is 19.1. The standard InChI is InChI=1S/C26H23N5.C24H17F2N3O/c1-3-24(28)21-11-20(14-29-15-21)19-9-10-25-23(12-19)26(22(13-27)16-30-25)31-17(2)18-7-5-4-6-8-18;1-14(15-5-3-2-4-6-15)29-23-18(12-27)13-28-22-8-7-16(9-19(22)23)17-10-20(25)24(30)21(26)11-17/h4-12,14-17,28H,3H2,1-2H3,(H,30,31);2-11,13-14,30H,1H3,(H,28,29). The third-order valence-electron chi connectivity index (χ3n) is 10.4. The number of pyridine rings is 3. The number of aromatic nitrogens is 3. The van der Waals surface area contributed by atoms with Crippen molar-refractivity contribution in [1.82, 2.24) is 15.0 Å². The Morgan fingerprint density at radius 3 is 1.57 bits per heavy atom. The third-order valence-corrected chi connectivity index (χ3v) is 10.4. The summed E-state index contributed by atoms with van der Waals surface area (Å²) >= 11 is 0. The zero-order chi connectivity index (χ0) is 43.0. The van der Waals surface area contributed by atoms with E-state index in [1.54, 1.807) is 36.8 Å². The van der Waals surface area contributed by atoms with Crippen molar-refractivity contribution in [3.8, 4) is 40.1 Å². The number of anilines is 2. The van der Waals surface area contributed by atoms with Crippen LogP contribution in [0, 0.1) is 39.7 Å². The molecule has 8 rings (SSSR count). The maximum Gasteiger partial charge on any atom is 0.187 e. The van der Waals surface area contributed by atoms with Crippen molar-refractivity contribution in [2.45, 2.75) is 39.3 Å². The highest BCUT2D eigenvalue weighted by Crippen LogP contribution is 2.36. The minimum Gasteiger partial charge on any atom is -0.503 e. The van der Waals surface area contributed by atoms with Crippen molar-refractivity contribution in [2.24, 2.45) is 0 Å². The fraction of sp³-hybridized carbons (Fsp3) is 0.120. The highest BCUT2D eigenvalue weighted by molar-refractivity contribution is 6.00. The van der Waals surface area contributed by atoms with E-state index in [4.69, 9.17) is 5.41 Å². The molecule has 5 aromatic carbocycles. The molecule has 3 aromatic heterocycles. The van der Waals surface area contributed by atoms with Crippen molar-refractivity contribution < 1.29 is 13.9 Å². The number of phenols is 1. The molecular weight excluding hydrogens is 767 g/mol. The molecule has 11 heteroatoms. The molecule has 2 unspecified atom stereocenters. The Labute approximate surface area is 352 Å². The largest absolute Gasteiger partial charge is 0.503 e. The van der Waals surface area contributed by atoms with E-state index >= 15 is 0 Å². The van der Waals surface area contributed by atoms with Gasteiger partial charge in [0, 0.05) is 64.5 Å². The number of benzene rings is 5. The molecule has 0 aliphatic carbocycles. The van der Waals surface area contributed by atoms with E-state index in [1.807, 2.05) is 86.6 Å². The average molecular weight is 807 g/mol. The van der Waals surface area contributed by atoms with Gasteiger partial charge in [-0.25, -0.2) is 8.78 Å². The lowest BCUT2D eigenvalue weighted by Gasteiger charge is -2.19. The molecule has 4 N–H and O–H groups in total. The van der Waals surface area contributed by atoms with Crippen LogP contribution in [0.1, 0.15) is 67.1 Å². The van der Waals surface area contributed by atoms with Crippen LogP contribution in [0.4, 0.5) is 20.2 Å². The predicted octanol–water partition coefficient (Wildman–Crippen LogP) is 12.0. The zero-order valence-electron chi connectivity index (χ0n) is 33.6. The lowest BCUT2D eigenvalue weighted by molar-refractivity contribution is 0.396. The molecule has 61 heavy (non-hydrogen) atoms. The molecule has 0 aliphatic rings. The van der Waals surface area contributed by atoms with E-state index in [0.29, 0.717) is 45.4 Å². The quantitative estimate of drug-likeness (QED) is 0.0996. The highest BCUT2D eigenvalue weighted by Gasteiger charge is 2.17. The smallest absolute Gasteiger partial charge is 0.187 e. The third kappa shape index (κ3) is 9.02. The lowest BCUT2D eigenvalue weighted by atomic mass is 9.99. The van der Waals surface area contributed by atoms with Crippen molar-refractivity contribution in [2.75, 3.05) is 10.6 Å². The molecule has 0 fully saturated rings. The number of nitrogens with one attached hydrogen (secondary N) is 3. The van der Waals surface area contributed by atoms with E-state index in [9.17, 15) is 24.4 Å². The van der Waals surface area contributed by atoms with Gasteiger partial charge < -0.3 is 21.1 Å². The van der Waals surface area contributed by atoms with Gasteiger partial charge in [-0.05, 0) is 90.6 Å². The minimum absolute atomic E-state index is 0.0255. The molecule has 9 nitrogen and oxygen atoms in total. The van der Waals surface area contributed by atoms with Gasteiger partial charge >= 0.3 is 0 Å². The molecule has 0 amide bonds. The first kappa shape index (κ1) is 41.2. The number of fused-ring (bicyclic) bond motifs is 2. The summed E-state index contributed by atoms with van der Waals surface area (Å²) in [6.07, 6.45) is 7.30. The van der Waals surface area contributed by atoms with Crippen LogP contribution in [0.15, 0.2) is 140 Å². The molecule has 2 atom stereocenters. The number of rotatable bonds is 10. The van der Waals surface area contributed by atoms with Crippen LogP contribution in [0.2, 0.25) is 0 Å². The van der Waals surface area contributed by atoms with Crippen molar-refractivity contribution in [1.29, 1.82) is 15.9 Å². The van der Waals surface area contributed by atoms with Gasteiger partial charge in [0.2, 0.25) is 0 Å². The van der Waals surface area contributed by atoms with E-state index < -0.39 is 17.4 Å². The second-order valence-electron chi connectivity index (χ2n) is 14.4. The summed E-state index contributed by atoms with van der Waals surface area (Å²) in [6.45, 7) is 6.03. The molecule has 0 spiro atoms. The second-order valence-corrected chi connectivity index (χ2v) is 14.4. The summed E-state index contributed by atoms with van der Waals surface area (Å²) in [4.78, 5) is 13.1. The number of nitriles is 2. The fourth-order valence-electron chi connectivity index (χ4n) is 7.01. The first-order valence-corrected chi connectivity index (χ1v) is 19.6. The van der Waals surface area contributed by atoms with E-state index in [2.05, 4.69) is 56.8 Å². The summed E-state index contributed by atoms with van der Waals surface area (Å²) in [5.74, 6) is -3.08. The van der Waals surface area contributed by atoms with Gasteiger partial charge in [0.15, 0.2) is 17.4 Å². The summed E-state index contributed by atoms with van der Waals surface area (Å²) in [5.41, 5.74) is 9.97. The molecule has 0 saturated heterocycles. The van der Waals surface area contributed by atoms with Crippen LogP contribution in [-0.4, -0.2) is 25.8 Å². The average Bonchev–Trinajstić information content (AvgIpc) is 3.31. The van der Waals surface area contributed by atoms with Gasteiger partial charge in [-0.3, -0.25) is 15.0 Å². The monoisotopic (exact) mass is 806 g/mol. The van der Waals surface area contributed by atoms with Gasteiger partial charge in [-0.15, -0.1) is 0 Å². The molecule has 3 heterocycles. The Bertz CT molecular complexity index is 2960. The van der Waals surface area contributed by atoms with E-state index in [-0.39, 0.29) is 17.6 Å². The Morgan fingerprint density at radius 1 is 0.639 bits per heavy atom. The summed E-state index contributed by atoms with van der Waals surface area (Å²) in [5, 5.41) is 45.2. The predicted molar refractivity (Wildman–Crippen MR) is 237 cm³/mol. The number of halogens is 2. The Balaban J connectivity index is 0.000000184. The van der Waals surface area contributed by atoms with Gasteiger partial charge in [0.05, 0.1) is 33.5 Å². The lowest BCUT2D eigenvalue weighted by Crippen LogP contribution is -2.08. The van der Waals surface area contributed by atoms with Gasteiger partial charge in [0.1, 0.15) is 12.1 Å². The van der Waals surface area contributed by atoms with Gasteiger partial charge in [-0.1, -0.05) is 79.7 Å². The second kappa shape index (κ2) is 18.3. The maximum atomic E-state index is 13.8. The van der Waals surface area contributed by atoms with E-state index in [0.717, 1.165) is 56.5 Å². The molecule has 8 aromatic rings. The van der Waals surface area contributed by atoms with Crippen molar-refractivity contribution in [3.05, 3.63) is 180 Å². The minimum atomic E-state index is -1.04. The normalized spacial score (nSPS) is 11.7.